The SMILES string of the molecule is CCC(C)C(N)C(=O)Nc1ccc(OCc2ccccc2)cc1.Cl. The number of amides is 1. The van der Waals surface area contributed by atoms with Crippen LogP contribution in [0.15, 0.2) is 54.6 Å². The fourth-order valence-corrected chi connectivity index (χ4v) is 2.11. The largest absolute Gasteiger partial charge is 0.489 e. The Kier molecular flexibility index (Phi) is 8.30. The van der Waals surface area contributed by atoms with Gasteiger partial charge in [-0.25, -0.2) is 0 Å². The van der Waals surface area contributed by atoms with Gasteiger partial charge in [-0.1, -0.05) is 50.6 Å². The van der Waals surface area contributed by atoms with Crippen LogP contribution in [0.25, 0.3) is 0 Å². The highest BCUT2D eigenvalue weighted by Crippen LogP contribution is 2.18. The Morgan fingerprint density at radius 3 is 2.33 bits per heavy atom. The minimum atomic E-state index is -0.492. The lowest BCUT2D eigenvalue weighted by atomic mass is 9.99. The monoisotopic (exact) mass is 348 g/mol. The third-order valence-corrected chi connectivity index (χ3v) is 3.93. The van der Waals surface area contributed by atoms with Crippen molar-refractivity contribution in [1.82, 2.24) is 0 Å². The molecule has 0 fully saturated rings. The molecule has 5 heteroatoms. The van der Waals surface area contributed by atoms with E-state index in [2.05, 4.69) is 5.32 Å². The summed E-state index contributed by atoms with van der Waals surface area (Å²) in [7, 11) is 0. The number of halogens is 1. The smallest absolute Gasteiger partial charge is 0.241 e. The van der Waals surface area contributed by atoms with Gasteiger partial charge in [-0.2, -0.15) is 0 Å². The number of rotatable bonds is 7. The molecule has 0 spiro atoms. The zero-order chi connectivity index (χ0) is 16.7. The third kappa shape index (κ3) is 5.87. The minimum Gasteiger partial charge on any atom is -0.489 e. The maximum Gasteiger partial charge on any atom is 0.241 e. The second-order valence-corrected chi connectivity index (χ2v) is 5.70. The number of nitrogens with two attached hydrogens (primary N) is 1. The molecule has 2 unspecified atom stereocenters. The molecule has 24 heavy (non-hydrogen) atoms. The Labute approximate surface area is 149 Å². The van der Waals surface area contributed by atoms with E-state index in [-0.39, 0.29) is 24.2 Å². The van der Waals surface area contributed by atoms with Gasteiger partial charge < -0.3 is 15.8 Å². The minimum absolute atomic E-state index is 0. The molecule has 130 valence electrons. The summed E-state index contributed by atoms with van der Waals surface area (Å²) in [5, 5.41) is 2.84. The van der Waals surface area contributed by atoms with Crippen LogP contribution in [0.4, 0.5) is 5.69 Å². The fourth-order valence-electron chi connectivity index (χ4n) is 2.11. The van der Waals surface area contributed by atoms with Gasteiger partial charge in [-0.15, -0.1) is 12.4 Å². The predicted octanol–water partition coefficient (Wildman–Crippen LogP) is 4.00. The van der Waals surface area contributed by atoms with Crippen LogP contribution in [0, 0.1) is 5.92 Å². The van der Waals surface area contributed by atoms with Crippen molar-refractivity contribution in [3.05, 3.63) is 60.2 Å². The fraction of sp³-hybridized carbons (Fsp3) is 0.316. The molecule has 0 heterocycles. The van der Waals surface area contributed by atoms with Crippen LogP contribution < -0.4 is 15.8 Å². The quantitative estimate of drug-likeness (QED) is 0.794. The number of carbonyl (C=O) groups is 1. The molecule has 0 radical (unpaired) electrons. The Hall–Kier alpha value is -2.04. The van der Waals surface area contributed by atoms with Crippen LogP contribution in [0.5, 0.6) is 5.75 Å². The highest BCUT2D eigenvalue weighted by molar-refractivity contribution is 5.94. The molecule has 0 aliphatic rings. The molecule has 2 atom stereocenters. The first-order valence-corrected chi connectivity index (χ1v) is 7.93. The lowest BCUT2D eigenvalue weighted by molar-refractivity contribution is -0.118. The van der Waals surface area contributed by atoms with E-state index < -0.39 is 6.04 Å². The highest BCUT2D eigenvalue weighted by atomic mass is 35.5. The number of hydrogen-bond acceptors (Lipinski definition) is 3. The maximum absolute atomic E-state index is 12.0. The number of nitrogens with one attached hydrogen (secondary N) is 1. The normalized spacial score (nSPS) is 12.6. The van der Waals surface area contributed by atoms with Gasteiger partial charge in [0, 0.05) is 5.69 Å². The van der Waals surface area contributed by atoms with E-state index in [4.69, 9.17) is 10.5 Å². The third-order valence-electron chi connectivity index (χ3n) is 3.93. The molecule has 0 bridgehead atoms. The van der Waals surface area contributed by atoms with Gasteiger partial charge in [0.25, 0.3) is 0 Å². The molecule has 0 aliphatic heterocycles. The standard InChI is InChI=1S/C19H24N2O2.ClH/c1-3-14(2)18(20)19(22)21-16-9-11-17(12-10-16)23-13-15-7-5-4-6-8-15;/h4-12,14,18H,3,13,20H2,1-2H3,(H,21,22);1H. The van der Waals surface area contributed by atoms with E-state index in [9.17, 15) is 4.79 Å². The van der Waals surface area contributed by atoms with Crippen molar-refractivity contribution in [2.24, 2.45) is 11.7 Å². The molecule has 0 aromatic heterocycles. The topological polar surface area (TPSA) is 64.4 Å². The second-order valence-electron chi connectivity index (χ2n) is 5.70. The van der Waals surface area contributed by atoms with Crippen molar-refractivity contribution in [2.45, 2.75) is 32.9 Å². The lowest BCUT2D eigenvalue weighted by Crippen LogP contribution is -2.40. The second kappa shape index (κ2) is 9.96. The van der Waals surface area contributed by atoms with E-state index in [1.165, 1.54) is 0 Å². The Bertz CT molecular complexity index is 617. The summed E-state index contributed by atoms with van der Waals surface area (Å²) in [4.78, 5) is 12.0. The van der Waals surface area contributed by atoms with Crippen molar-refractivity contribution < 1.29 is 9.53 Å². The number of hydrogen-bond donors (Lipinski definition) is 2. The van der Waals surface area contributed by atoms with Crippen LogP contribution >= 0.6 is 12.4 Å². The maximum atomic E-state index is 12.0. The molecule has 2 aromatic carbocycles. The molecule has 3 N–H and O–H groups in total. The summed E-state index contributed by atoms with van der Waals surface area (Å²) < 4.78 is 5.72. The van der Waals surface area contributed by atoms with E-state index in [1.807, 2.05) is 68.4 Å². The van der Waals surface area contributed by atoms with Crippen molar-refractivity contribution in [2.75, 3.05) is 5.32 Å². The Balaban J connectivity index is 0.00000288. The first-order chi connectivity index (χ1) is 11.1. The van der Waals surface area contributed by atoms with Gasteiger partial charge in [0.05, 0.1) is 6.04 Å². The zero-order valence-electron chi connectivity index (χ0n) is 14.1. The number of anilines is 1. The van der Waals surface area contributed by atoms with Gasteiger partial charge >= 0.3 is 0 Å². The number of benzene rings is 2. The molecule has 0 saturated carbocycles. The first kappa shape index (κ1) is 20.0. The highest BCUT2D eigenvalue weighted by Gasteiger charge is 2.19. The van der Waals surface area contributed by atoms with Crippen molar-refractivity contribution in [3.8, 4) is 5.75 Å². The van der Waals surface area contributed by atoms with Gasteiger partial charge in [0.1, 0.15) is 12.4 Å². The molecule has 0 aliphatic carbocycles. The summed E-state index contributed by atoms with van der Waals surface area (Å²) in [6, 6.07) is 16.8. The van der Waals surface area contributed by atoms with Crippen LogP contribution in [-0.2, 0) is 11.4 Å². The summed E-state index contributed by atoms with van der Waals surface area (Å²) >= 11 is 0. The Morgan fingerprint density at radius 2 is 1.75 bits per heavy atom. The lowest BCUT2D eigenvalue weighted by Gasteiger charge is -2.17. The molecule has 0 saturated heterocycles. The van der Waals surface area contributed by atoms with Crippen LogP contribution in [0.3, 0.4) is 0 Å². The van der Waals surface area contributed by atoms with Gasteiger partial charge in [-0.05, 0) is 35.7 Å². The van der Waals surface area contributed by atoms with Crippen LogP contribution in [0.1, 0.15) is 25.8 Å². The van der Waals surface area contributed by atoms with E-state index >= 15 is 0 Å². The number of ether oxygens (including phenoxy) is 1. The van der Waals surface area contributed by atoms with E-state index in [1.54, 1.807) is 0 Å². The first-order valence-electron chi connectivity index (χ1n) is 7.93. The van der Waals surface area contributed by atoms with Crippen LogP contribution in [-0.4, -0.2) is 11.9 Å². The summed E-state index contributed by atoms with van der Waals surface area (Å²) in [6.07, 6.45) is 0.876. The molecule has 1 amide bonds. The number of carbonyl (C=O) groups excluding carboxylic acids is 1. The predicted molar refractivity (Wildman–Crippen MR) is 101 cm³/mol. The van der Waals surface area contributed by atoms with Crippen molar-refractivity contribution in [3.63, 3.8) is 0 Å². The van der Waals surface area contributed by atoms with Crippen molar-refractivity contribution >= 4 is 24.0 Å². The molecular formula is C19H25ClN2O2. The van der Waals surface area contributed by atoms with Crippen LogP contribution in [0.2, 0.25) is 0 Å². The van der Waals surface area contributed by atoms with Gasteiger partial charge in [0.2, 0.25) is 5.91 Å². The summed E-state index contributed by atoms with van der Waals surface area (Å²) in [6.45, 7) is 4.52. The average molecular weight is 349 g/mol. The molecule has 2 aromatic rings. The molecule has 2 rings (SSSR count). The molecule has 4 nitrogen and oxygen atoms in total. The zero-order valence-corrected chi connectivity index (χ0v) is 14.9. The summed E-state index contributed by atoms with van der Waals surface area (Å²) in [5.74, 6) is 0.763. The van der Waals surface area contributed by atoms with E-state index in [0.717, 1.165) is 23.4 Å². The van der Waals surface area contributed by atoms with Gasteiger partial charge in [-0.3, -0.25) is 4.79 Å². The van der Waals surface area contributed by atoms with Crippen molar-refractivity contribution in [1.29, 1.82) is 0 Å². The summed E-state index contributed by atoms with van der Waals surface area (Å²) in [5.41, 5.74) is 7.76. The van der Waals surface area contributed by atoms with E-state index in [0.29, 0.717) is 6.61 Å². The average Bonchev–Trinajstić information content (AvgIpc) is 2.60. The molecular weight excluding hydrogens is 324 g/mol. The van der Waals surface area contributed by atoms with Gasteiger partial charge in [0.15, 0.2) is 0 Å². The Morgan fingerprint density at radius 1 is 1.12 bits per heavy atom.